The minimum atomic E-state index is 0.343. The standard InChI is InChI=1S/C12H16N2OS/c1-8-4-12(10(3)16-8)9(2)14-6-11-5-13-7-15-11/h4-5,7,9,14H,6H2,1-3H3. The van der Waals surface area contributed by atoms with Gasteiger partial charge in [-0.15, -0.1) is 11.3 Å². The number of rotatable bonds is 4. The molecule has 1 atom stereocenters. The van der Waals surface area contributed by atoms with Gasteiger partial charge in [0.05, 0.1) is 12.7 Å². The molecular weight excluding hydrogens is 220 g/mol. The van der Waals surface area contributed by atoms with Crippen LogP contribution < -0.4 is 5.32 Å². The molecule has 0 aliphatic carbocycles. The van der Waals surface area contributed by atoms with Gasteiger partial charge in [-0.25, -0.2) is 4.98 Å². The summed E-state index contributed by atoms with van der Waals surface area (Å²) in [4.78, 5) is 6.64. The van der Waals surface area contributed by atoms with Gasteiger partial charge in [0.2, 0.25) is 0 Å². The van der Waals surface area contributed by atoms with E-state index in [2.05, 4.69) is 37.1 Å². The lowest BCUT2D eigenvalue weighted by Crippen LogP contribution is -2.17. The Morgan fingerprint density at radius 3 is 2.88 bits per heavy atom. The van der Waals surface area contributed by atoms with Gasteiger partial charge in [0, 0.05) is 15.8 Å². The highest BCUT2D eigenvalue weighted by Gasteiger charge is 2.11. The predicted octanol–water partition coefficient (Wildman–Crippen LogP) is 3.20. The molecule has 2 aromatic heterocycles. The van der Waals surface area contributed by atoms with Crippen molar-refractivity contribution in [2.24, 2.45) is 0 Å². The number of aromatic nitrogens is 1. The molecule has 3 nitrogen and oxygen atoms in total. The van der Waals surface area contributed by atoms with Crippen molar-refractivity contribution < 1.29 is 4.42 Å². The maximum Gasteiger partial charge on any atom is 0.180 e. The monoisotopic (exact) mass is 236 g/mol. The SMILES string of the molecule is Cc1cc(C(C)NCc2cnco2)c(C)s1. The molecule has 0 aliphatic heterocycles. The third kappa shape index (κ3) is 2.51. The molecule has 0 aromatic carbocycles. The number of nitrogens with zero attached hydrogens (tertiary/aromatic N) is 1. The first-order valence-electron chi connectivity index (χ1n) is 5.34. The maximum atomic E-state index is 5.18. The molecule has 4 heteroatoms. The first kappa shape index (κ1) is 11.4. The van der Waals surface area contributed by atoms with Crippen LogP contribution in [0.3, 0.4) is 0 Å². The molecule has 0 radical (unpaired) electrons. The summed E-state index contributed by atoms with van der Waals surface area (Å²) in [5.74, 6) is 0.872. The Balaban J connectivity index is 1.98. The fraction of sp³-hybridized carbons (Fsp3) is 0.417. The van der Waals surface area contributed by atoms with E-state index in [1.807, 2.05) is 11.3 Å². The molecule has 16 heavy (non-hydrogen) atoms. The van der Waals surface area contributed by atoms with Crippen LogP contribution in [-0.4, -0.2) is 4.98 Å². The van der Waals surface area contributed by atoms with E-state index >= 15 is 0 Å². The van der Waals surface area contributed by atoms with Crippen molar-refractivity contribution in [1.82, 2.24) is 10.3 Å². The Morgan fingerprint density at radius 2 is 2.31 bits per heavy atom. The number of hydrogen-bond acceptors (Lipinski definition) is 4. The highest BCUT2D eigenvalue weighted by molar-refractivity contribution is 7.12. The Labute approximate surface area is 99.5 Å². The summed E-state index contributed by atoms with van der Waals surface area (Å²) in [7, 11) is 0. The van der Waals surface area contributed by atoms with Crippen LogP contribution in [0.1, 0.15) is 34.0 Å². The number of oxazole rings is 1. The summed E-state index contributed by atoms with van der Waals surface area (Å²) < 4.78 is 5.18. The second-order valence-electron chi connectivity index (χ2n) is 3.94. The van der Waals surface area contributed by atoms with Crippen molar-refractivity contribution in [2.45, 2.75) is 33.4 Å². The normalized spacial score (nSPS) is 12.9. The molecule has 0 bridgehead atoms. The highest BCUT2D eigenvalue weighted by Crippen LogP contribution is 2.26. The molecule has 0 spiro atoms. The lowest BCUT2D eigenvalue weighted by Gasteiger charge is -2.12. The van der Waals surface area contributed by atoms with Gasteiger partial charge in [0.1, 0.15) is 5.76 Å². The lowest BCUT2D eigenvalue weighted by atomic mass is 10.1. The van der Waals surface area contributed by atoms with Crippen LogP contribution in [0.2, 0.25) is 0 Å². The molecule has 0 saturated heterocycles. The largest absolute Gasteiger partial charge is 0.447 e. The zero-order valence-electron chi connectivity index (χ0n) is 9.78. The summed E-state index contributed by atoms with van der Waals surface area (Å²) >= 11 is 1.85. The van der Waals surface area contributed by atoms with Gasteiger partial charge in [-0.05, 0) is 32.4 Å². The molecule has 1 N–H and O–H groups in total. The Kier molecular flexibility index (Phi) is 3.41. The second kappa shape index (κ2) is 4.80. The summed E-state index contributed by atoms with van der Waals surface area (Å²) in [6.45, 7) is 7.20. The maximum absolute atomic E-state index is 5.18. The minimum Gasteiger partial charge on any atom is -0.447 e. The van der Waals surface area contributed by atoms with Gasteiger partial charge >= 0.3 is 0 Å². The second-order valence-corrected chi connectivity index (χ2v) is 5.40. The van der Waals surface area contributed by atoms with Crippen LogP contribution in [0.25, 0.3) is 0 Å². The first-order chi connectivity index (χ1) is 7.66. The van der Waals surface area contributed by atoms with Gasteiger partial charge in [0.15, 0.2) is 6.39 Å². The van der Waals surface area contributed by atoms with Crippen LogP contribution in [0.15, 0.2) is 23.1 Å². The molecule has 0 amide bonds. The van der Waals surface area contributed by atoms with Crippen LogP contribution in [0.4, 0.5) is 0 Å². The fourth-order valence-corrected chi connectivity index (χ4v) is 2.80. The number of aryl methyl sites for hydroxylation is 2. The quantitative estimate of drug-likeness (QED) is 0.885. The molecule has 2 aromatic rings. The summed E-state index contributed by atoms with van der Waals surface area (Å²) in [5, 5.41) is 3.43. The number of nitrogens with one attached hydrogen (secondary N) is 1. The molecule has 0 aliphatic rings. The van der Waals surface area contributed by atoms with Gasteiger partial charge in [-0.3, -0.25) is 0 Å². The predicted molar refractivity (Wildman–Crippen MR) is 65.6 cm³/mol. The van der Waals surface area contributed by atoms with Gasteiger partial charge in [0.25, 0.3) is 0 Å². The number of hydrogen-bond donors (Lipinski definition) is 1. The third-order valence-corrected chi connectivity index (χ3v) is 3.59. The smallest absolute Gasteiger partial charge is 0.180 e. The van der Waals surface area contributed by atoms with Crippen molar-refractivity contribution in [3.05, 3.63) is 39.7 Å². The van der Waals surface area contributed by atoms with Crippen LogP contribution >= 0.6 is 11.3 Å². The van der Waals surface area contributed by atoms with E-state index in [0.717, 1.165) is 12.3 Å². The molecule has 2 rings (SSSR count). The molecule has 1 unspecified atom stereocenters. The average Bonchev–Trinajstić information content (AvgIpc) is 2.84. The fourth-order valence-electron chi connectivity index (χ4n) is 1.77. The zero-order chi connectivity index (χ0) is 11.5. The van der Waals surface area contributed by atoms with E-state index in [0.29, 0.717) is 6.04 Å². The highest BCUT2D eigenvalue weighted by atomic mass is 32.1. The third-order valence-electron chi connectivity index (χ3n) is 2.61. The van der Waals surface area contributed by atoms with Crippen LogP contribution in [-0.2, 0) is 6.54 Å². The summed E-state index contributed by atoms with van der Waals surface area (Å²) in [6.07, 6.45) is 3.20. The first-order valence-corrected chi connectivity index (χ1v) is 6.16. The van der Waals surface area contributed by atoms with Gasteiger partial charge in [-0.1, -0.05) is 0 Å². The van der Waals surface area contributed by atoms with E-state index in [-0.39, 0.29) is 0 Å². The van der Waals surface area contributed by atoms with Crippen molar-refractivity contribution in [3.8, 4) is 0 Å². The molecule has 86 valence electrons. The topological polar surface area (TPSA) is 38.1 Å². The molecule has 0 fully saturated rings. The summed E-state index contributed by atoms with van der Waals surface area (Å²) in [5.41, 5.74) is 1.38. The molecule has 0 saturated carbocycles. The number of thiophene rings is 1. The molecule has 2 heterocycles. The zero-order valence-corrected chi connectivity index (χ0v) is 10.6. The van der Waals surface area contributed by atoms with Crippen molar-refractivity contribution >= 4 is 11.3 Å². The van der Waals surface area contributed by atoms with E-state index in [1.54, 1.807) is 6.20 Å². The Morgan fingerprint density at radius 1 is 1.50 bits per heavy atom. The Hall–Kier alpha value is -1.13. The van der Waals surface area contributed by atoms with E-state index in [1.165, 1.54) is 21.7 Å². The average molecular weight is 236 g/mol. The van der Waals surface area contributed by atoms with E-state index in [9.17, 15) is 0 Å². The van der Waals surface area contributed by atoms with Gasteiger partial charge in [-0.2, -0.15) is 0 Å². The minimum absolute atomic E-state index is 0.343. The van der Waals surface area contributed by atoms with Gasteiger partial charge < -0.3 is 9.73 Å². The summed E-state index contributed by atoms with van der Waals surface area (Å²) in [6, 6.07) is 2.59. The Bertz CT molecular complexity index is 448. The van der Waals surface area contributed by atoms with Crippen LogP contribution in [0.5, 0.6) is 0 Å². The molecular formula is C12H16N2OS. The van der Waals surface area contributed by atoms with Crippen molar-refractivity contribution in [1.29, 1.82) is 0 Å². The van der Waals surface area contributed by atoms with Crippen molar-refractivity contribution in [2.75, 3.05) is 0 Å². The van der Waals surface area contributed by atoms with E-state index < -0.39 is 0 Å². The van der Waals surface area contributed by atoms with Crippen molar-refractivity contribution in [3.63, 3.8) is 0 Å². The van der Waals surface area contributed by atoms with E-state index in [4.69, 9.17) is 4.42 Å². The van der Waals surface area contributed by atoms with Crippen LogP contribution in [0, 0.1) is 13.8 Å². The lowest BCUT2D eigenvalue weighted by molar-refractivity contribution is 0.457.